The van der Waals surface area contributed by atoms with Crippen molar-refractivity contribution in [3.8, 4) is 0 Å². The van der Waals surface area contributed by atoms with Crippen molar-refractivity contribution < 1.29 is 22.4 Å². The lowest BCUT2D eigenvalue weighted by Crippen LogP contribution is -2.12. The second kappa shape index (κ2) is 6.21. The van der Waals surface area contributed by atoms with Gasteiger partial charge < -0.3 is 9.15 Å². The Balaban J connectivity index is 2.64. The summed E-state index contributed by atoms with van der Waals surface area (Å²) in [5, 5.41) is 4.99. The fraction of sp³-hybridized carbons (Fsp3) is 0.583. The minimum absolute atomic E-state index is 0.0802. The van der Waals surface area contributed by atoms with E-state index >= 15 is 0 Å². The second-order valence-corrected chi connectivity index (χ2v) is 6.28. The highest BCUT2D eigenvalue weighted by Crippen LogP contribution is 2.19. The van der Waals surface area contributed by atoms with Crippen molar-refractivity contribution >= 4 is 16.0 Å². The number of hydrogen-bond donors (Lipinski definition) is 1. The maximum absolute atomic E-state index is 11.6. The monoisotopic (exact) mass is 289 g/mol. The lowest BCUT2D eigenvalue weighted by atomic mass is 10.1. The normalized spacial score (nSPS) is 11.8. The van der Waals surface area contributed by atoms with E-state index in [9.17, 15) is 13.2 Å². The number of furan rings is 1. The number of aryl methyl sites for hydroxylation is 1. The third kappa shape index (κ3) is 4.68. The molecule has 0 aromatic carbocycles. The van der Waals surface area contributed by atoms with Crippen LogP contribution < -0.4 is 5.14 Å². The number of primary sulfonamides is 1. The largest absolute Gasteiger partial charge is 0.460 e. The van der Waals surface area contributed by atoms with Crippen LogP contribution in [0.1, 0.15) is 43.0 Å². The van der Waals surface area contributed by atoms with E-state index in [2.05, 4.69) is 13.8 Å². The highest BCUT2D eigenvalue weighted by molar-refractivity contribution is 7.89. The molecule has 0 saturated carbocycles. The SMILES string of the molecule is Cc1oc(C(=O)OCCCC(C)C)cc1S(N)(=O)=O. The van der Waals surface area contributed by atoms with Gasteiger partial charge in [-0.05, 0) is 25.7 Å². The molecule has 0 aliphatic carbocycles. The molecule has 0 saturated heterocycles. The summed E-state index contributed by atoms with van der Waals surface area (Å²) in [6.07, 6.45) is 1.71. The Morgan fingerprint density at radius 3 is 2.58 bits per heavy atom. The summed E-state index contributed by atoms with van der Waals surface area (Å²) in [5.74, 6) is -0.206. The lowest BCUT2D eigenvalue weighted by molar-refractivity contribution is 0.0457. The first kappa shape index (κ1) is 15.7. The first-order chi connectivity index (χ1) is 8.71. The molecule has 2 N–H and O–H groups in total. The van der Waals surface area contributed by atoms with Gasteiger partial charge in [0.15, 0.2) is 0 Å². The number of carbonyl (C=O) groups excluding carboxylic acids is 1. The molecule has 19 heavy (non-hydrogen) atoms. The Labute approximate surface area is 113 Å². The van der Waals surface area contributed by atoms with E-state index in [1.807, 2.05) is 0 Å². The third-order valence-electron chi connectivity index (χ3n) is 2.54. The van der Waals surface area contributed by atoms with E-state index in [-0.39, 0.29) is 23.0 Å². The quantitative estimate of drug-likeness (QED) is 0.636. The van der Waals surface area contributed by atoms with Crippen molar-refractivity contribution in [2.24, 2.45) is 11.1 Å². The van der Waals surface area contributed by atoms with Gasteiger partial charge in [-0.15, -0.1) is 0 Å². The highest BCUT2D eigenvalue weighted by Gasteiger charge is 2.21. The van der Waals surface area contributed by atoms with Crippen LogP contribution in [0.3, 0.4) is 0 Å². The van der Waals surface area contributed by atoms with Gasteiger partial charge in [0.25, 0.3) is 0 Å². The van der Waals surface area contributed by atoms with Crippen molar-refractivity contribution in [2.75, 3.05) is 6.61 Å². The summed E-state index contributed by atoms with van der Waals surface area (Å²) in [6, 6.07) is 1.09. The predicted molar refractivity (Wildman–Crippen MR) is 69.2 cm³/mol. The molecule has 0 aliphatic rings. The fourth-order valence-corrected chi connectivity index (χ4v) is 2.29. The van der Waals surface area contributed by atoms with Crippen LogP contribution in [-0.4, -0.2) is 21.0 Å². The molecule has 0 aliphatic heterocycles. The molecule has 0 bridgehead atoms. The molecule has 7 heteroatoms. The number of sulfonamides is 1. The Hall–Kier alpha value is -1.34. The zero-order valence-electron chi connectivity index (χ0n) is 11.3. The lowest BCUT2D eigenvalue weighted by Gasteiger charge is -2.04. The molecule has 0 radical (unpaired) electrons. The molecule has 1 aromatic rings. The molecular weight excluding hydrogens is 270 g/mol. The van der Waals surface area contributed by atoms with Crippen LogP contribution in [0.25, 0.3) is 0 Å². The third-order valence-corrected chi connectivity index (χ3v) is 3.56. The molecule has 1 rings (SSSR count). The average molecular weight is 289 g/mol. The Bertz CT molecular complexity index is 544. The zero-order valence-corrected chi connectivity index (χ0v) is 12.1. The predicted octanol–water partition coefficient (Wildman–Crippen LogP) is 1.83. The average Bonchev–Trinajstić information content (AvgIpc) is 2.66. The minimum atomic E-state index is -3.88. The Morgan fingerprint density at radius 2 is 2.11 bits per heavy atom. The van der Waals surface area contributed by atoms with E-state index in [1.165, 1.54) is 6.92 Å². The molecular formula is C12H19NO5S. The van der Waals surface area contributed by atoms with Crippen LogP contribution >= 0.6 is 0 Å². The number of esters is 1. The molecule has 6 nitrogen and oxygen atoms in total. The van der Waals surface area contributed by atoms with Crippen molar-refractivity contribution in [3.63, 3.8) is 0 Å². The number of carbonyl (C=O) groups is 1. The maximum Gasteiger partial charge on any atom is 0.374 e. The van der Waals surface area contributed by atoms with E-state index in [4.69, 9.17) is 14.3 Å². The van der Waals surface area contributed by atoms with Gasteiger partial charge in [-0.1, -0.05) is 13.8 Å². The molecule has 0 spiro atoms. The van der Waals surface area contributed by atoms with Gasteiger partial charge in [-0.2, -0.15) is 0 Å². The molecule has 108 valence electrons. The molecule has 1 aromatic heterocycles. The number of ether oxygens (including phenoxy) is 1. The van der Waals surface area contributed by atoms with E-state index in [1.54, 1.807) is 0 Å². The Morgan fingerprint density at radius 1 is 1.47 bits per heavy atom. The fourth-order valence-electron chi connectivity index (χ4n) is 1.58. The van der Waals surface area contributed by atoms with Crippen LogP contribution in [0.2, 0.25) is 0 Å². The molecule has 0 amide bonds. The van der Waals surface area contributed by atoms with E-state index < -0.39 is 16.0 Å². The van der Waals surface area contributed by atoms with Crippen molar-refractivity contribution in [2.45, 2.75) is 38.5 Å². The van der Waals surface area contributed by atoms with Gasteiger partial charge >= 0.3 is 5.97 Å². The van der Waals surface area contributed by atoms with Gasteiger partial charge in [0.2, 0.25) is 15.8 Å². The maximum atomic E-state index is 11.6. The molecule has 0 fully saturated rings. The first-order valence-corrected chi connectivity index (χ1v) is 7.56. The Kier molecular flexibility index (Phi) is 5.13. The highest BCUT2D eigenvalue weighted by atomic mass is 32.2. The summed E-state index contributed by atoms with van der Waals surface area (Å²) < 4.78 is 32.4. The summed E-state index contributed by atoms with van der Waals surface area (Å²) in [5.41, 5.74) is 0. The topological polar surface area (TPSA) is 99.6 Å². The van der Waals surface area contributed by atoms with Gasteiger partial charge in [0, 0.05) is 6.07 Å². The standard InChI is InChI=1S/C12H19NO5S/c1-8(2)5-4-6-17-12(14)10-7-11(9(3)18-10)19(13,15)16/h7-8H,4-6H2,1-3H3,(H2,13,15,16). The van der Waals surface area contributed by atoms with Crippen LogP contribution in [0, 0.1) is 12.8 Å². The van der Waals surface area contributed by atoms with Crippen LogP contribution in [0.5, 0.6) is 0 Å². The van der Waals surface area contributed by atoms with Gasteiger partial charge in [-0.3, -0.25) is 0 Å². The number of rotatable bonds is 6. The zero-order chi connectivity index (χ0) is 14.6. The summed E-state index contributed by atoms with van der Waals surface area (Å²) in [4.78, 5) is 11.4. The number of nitrogens with two attached hydrogens (primary N) is 1. The van der Waals surface area contributed by atoms with Gasteiger partial charge in [0.05, 0.1) is 6.61 Å². The second-order valence-electron chi connectivity index (χ2n) is 4.75. The number of hydrogen-bond acceptors (Lipinski definition) is 5. The minimum Gasteiger partial charge on any atom is -0.460 e. The van der Waals surface area contributed by atoms with Crippen LogP contribution in [0.15, 0.2) is 15.4 Å². The van der Waals surface area contributed by atoms with Crippen molar-refractivity contribution in [1.82, 2.24) is 0 Å². The summed E-state index contributed by atoms with van der Waals surface area (Å²) in [6.45, 7) is 5.86. The van der Waals surface area contributed by atoms with Crippen LogP contribution in [-0.2, 0) is 14.8 Å². The first-order valence-electron chi connectivity index (χ1n) is 6.02. The van der Waals surface area contributed by atoms with Crippen LogP contribution in [0.4, 0.5) is 0 Å². The smallest absolute Gasteiger partial charge is 0.374 e. The molecule has 1 heterocycles. The molecule has 0 unspecified atom stereocenters. The van der Waals surface area contributed by atoms with E-state index in [0.717, 1.165) is 18.9 Å². The van der Waals surface area contributed by atoms with Crippen molar-refractivity contribution in [1.29, 1.82) is 0 Å². The van der Waals surface area contributed by atoms with E-state index in [0.29, 0.717) is 5.92 Å². The summed E-state index contributed by atoms with van der Waals surface area (Å²) in [7, 11) is -3.88. The molecule has 0 atom stereocenters. The van der Waals surface area contributed by atoms with Gasteiger partial charge in [-0.25, -0.2) is 18.4 Å². The summed E-state index contributed by atoms with van der Waals surface area (Å²) >= 11 is 0. The van der Waals surface area contributed by atoms with Crippen molar-refractivity contribution in [3.05, 3.63) is 17.6 Å². The van der Waals surface area contributed by atoms with Gasteiger partial charge in [0.1, 0.15) is 10.7 Å².